The molecule has 1 heterocycles. The topological polar surface area (TPSA) is 52.0 Å². The molecule has 0 aromatic carbocycles. The second-order valence-electron chi connectivity index (χ2n) is 5.37. The van der Waals surface area contributed by atoms with Gasteiger partial charge in [0, 0.05) is 13.2 Å². The third-order valence-corrected chi connectivity index (χ3v) is 3.95. The van der Waals surface area contributed by atoms with E-state index in [0.29, 0.717) is 12.1 Å². The first-order valence-corrected chi connectivity index (χ1v) is 7.45. The number of rotatable bonds is 8. The first-order chi connectivity index (χ1) is 9.28. The zero-order valence-electron chi connectivity index (χ0n) is 12.3. The third kappa shape index (κ3) is 3.54. The Balaban J connectivity index is 1.88. The quantitative estimate of drug-likeness (QED) is 0.783. The Kier molecular flexibility index (Phi) is 5.34. The fourth-order valence-electron chi connectivity index (χ4n) is 2.88. The Bertz CT molecular complexity index is 373. The first kappa shape index (κ1) is 14.5. The molecule has 0 radical (unpaired) electrons. The molecule has 5 heteroatoms. The molecule has 1 atom stereocenters. The molecule has 0 amide bonds. The van der Waals surface area contributed by atoms with Gasteiger partial charge in [-0.2, -0.15) is 0 Å². The number of aromatic nitrogens is 3. The molecule has 1 fully saturated rings. The van der Waals surface area contributed by atoms with Crippen molar-refractivity contribution in [2.75, 3.05) is 13.7 Å². The lowest BCUT2D eigenvalue weighted by atomic mass is 9.78. The smallest absolute Gasteiger partial charge is 0.0756 e. The van der Waals surface area contributed by atoms with Gasteiger partial charge in [-0.05, 0) is 45.6 Å². The third-order valence-electron chi connectivity index (χ3n) is 3.95. The molecule has 1 unspecified atom stereocenters. The average molecular weight is 266 g/mol. The molecular weight excluding hydrogens is 240 g/mol. The Hall–Kier alpha value is -0.940. The van der Waals surface area contributed by atoms with Crippen molar-refractivity contribution < 1.29 is 4.74 Å². The highest BCUT2D eigenvalue weighted by molar-refractivity contribution is 5.03. The van der Waals surface area contributed by atoms with Crippen molar-refractivity contribution in [3.05, 3.63) is 11.9 Å². The summed E-state index contributed by atoms with van der Waals surface area (Å²) in [6.07, 6.45) is 7.02. The molecule has 1 aromatic heterocycles. The van der Waals surface area contributed by atoms with Gasteiger partial charge in [-0.1, -0.05) is 12.1 Å². The van der Waals surface area contributed by atoms with Crippen LogP contribution in [-0.2, 0) is 11.3 Å². The highest BCUT2D eigenvalue weighted by Crippen LogP contribution is 2.36. The van der Waals surface area contributed by atoms with Crippen LogP contribution >= 0.6 is 0 Å². The van der Waals surface area contributed by atoms with Gasteiger partial charge < -0.3 is 10.1 Å². The summed E-state index contributed by atoms with van der Waals surface area (Å²) in [6, 6.07) is 0.356. The van der Waals surface area contributed by atoms with Crippen LogP contribution in [0.2, 0.25) is 0 Å². The van der Waals surface area contributed by atoms with Crippen LogP contribution < -0.4 is 5.32 Å². The van der Waals surface area contributed by atoms with Crippen molar-refractivity contribution in [3.63, 3.8) is 0 Å². The maximum Gasteiger partial charge on any atom is 0.0756 e. The normalized spacial score (nSPS) is 24.2. The van der Waals surface area contributed by atoms with Crippen molar-refractivity contribution >= 4 is 0 Å². The molecule has 0 spiro atoms. The lowest BCUT2D eigenvalue weighted by Gasteiger charge is -2.37. The van der Waals surface area contributed by atoms with Gasteiger partial charge in [0.1, 0.15) is 0 Å². The van der Waals surface area contributed by atoms with Crippen molar-refractivity contribution in [2.45, 2.75) is 58.2 Å². The summed E-state index contributed by atoms with van der Waals surface area (Å²) in [5.41, 5.74) is 1.21. The SMILES string of the molecule is CCCn1nncc1C(CC1CC(OCC)C1)NC. The summed E-state index contributed by atoms with van der Waals surface area (Å²) < 4.78 is 7.65. The molecule has 0 saturated heterocycles. The van der Waals surface area contributed by atoms with Gasteiger partial charge in [0.15, 0.2) is 0 Å². The predicted octanol–water partition coefficient (Wildman–Crippen LogP) is 2.15. The molecule has 1 saturated carbocycles. The van der Waals surface area contributed by atoms with E-state index in [-0.39, 0.29) is 0 Å². The Labute approximate surface area is 115 Å². The average Bonchev–Trinajstić information content (AvgIpc) is 2.81. The molecule has 108 valence electrons. The molecule has 19 heavy (non-hydrogen) atoms. The Morgan fingerprint density at radius 2 is 2.26 bits per heavy atom. The van der Waals surface area contributed by atoms with E-state index < -0.39 is 0 Å². The number of hydrogen-bond acceptors (Lipinski definition) is 4. The number of ether oxygens (including phenoxy) is 1. The van der Waals surface area contributed by atoms with Gasteiger partial charge >= 0.3 is 0 Å². The first-order valence-electron chi connectivity index (χ1n) is 7.45. The minimum atomic E-state index is 0.356. The van der Waals surface area contributed by atoms with Gasteiger partial charge in [0.2, 0.25) is 0 Å². The molecule has 1 aliphatic rings. The Morgan fingerprint density at radius 1 is 1.47 bits per heavy atom. The zero-order valence-corrected chi connectivity index (χ0v) is 12.3. The van der Waals surface area contributed by atoms with Crippen LogP contribution in [-0.4, -0.2) is 34.8 Å². The van der Waals surface area contributed by atoms with E-state index in [2.05, 4.69) is 29.5 Å². The monoisotopic (exact) mass is 266 g/mol. The van der Waals surface area contributed by atoms with Crippen LogP contribution in [0.15, 0.2) is 6.20 Å². The highest BCUT2D eigenvalue weighted by Gasteiger charge is 2.32. The minimum Gasteiger partial charge on any atom is -0.378 e. The minimum absolute atomic E-state index is 0.356. The summed E-state index contributed by atoms with van der Waals surface area (Å²) in [5, 5.41) is 11.6. The summed E-state index contributed by atoms with van der Waals surface area (Å²) in [5.74, 6) is 0.763. The molecule has 1 N–H and O–H groups in total. The fourth-order valence-corrected chi connectivity index (χ4v) is 2.88. The molecule has 1 aliphatic carbocycles. The van der Waals surface area contributed by atoms with Gasteiger partial charge in [-0.3, -0.25) is 0 Å². The zero-order chi connectivity index (χ0) is 13.7. The van der Waals surface area contributed by atoms with E-state index in [0.717, 1.165) is 31.9 Å². The van der Waals surface area contributed by atoms with Crippen LogP contribution in [0.25, 0.3) is 0 Å². The van der Waals surface area contributed by atoms with Crippen LogP contribution in [0.4, 0.5) is 0 Å². The van der Waals surface area contributed by atoms with E-state index in [1.54, 1.807) is 0 Å². The van der Waals surface area contributed by atoms with Gasteiger partial charge in [-0.25, -0.2) is 4.68 Å². The van der Waals surface area contributed by atoms with Crippen LogP contribution in [0, 0.1) is 5.92 Å². The molecular formula is C14H26N4O. The van der Waals surface area contributed by atoms with E-state index in [9.17, 15) is 0 Å². The second-order valence-corrected chi connectivity index (χ2v) is 5.37. The summed E-state index contributed by atoms with van der Waals surface area (Å²) in [4.78, 5) is 0. The standard InChI is InChI=1S/C14H26N4O/c1-4-6-18-14(10-16-17-18)13(15-3)9-11-7-12(8-11)19-5-2/h10-13,15H,4-9H2,1-3H3. The predicted molar refractivity (Wildman–Crippen MR) is 74.9 cm³/mol. The summed E-state index contributed by atoms with van der Waals surface area (Å²) >= 11 is 0. The van der Waals surface area contributed by atoms with Crippen molar-refractivity contribution in [1.82, 2.24) is 20.3 Å². The molecule has 5 nitrogen and oxygen atoms in total. The van der Waals surface area contributed by atoms with E-state index in [1.807, 2.05) is 17.9 Å². The second kappa shape index (κ2) is 7.01. The highest BCUT2D eigenvalue weighted by atomic mass is 16.5. The fraction of sp³-hybridized carbons (Fsp3) is 0.857. The van der Waals surface area contributed by atoms with E-state index >= 15 is 0 Å². The van der Waals surface area contributed by atoms with Gasteiger partial charge in [0.25, 0.3) is 0 Å². The summed E-state index contributed by atoms with van der Waals surface area (Å²) in [7, 11) is 2.02. The maximum absolute atomic E-state index is 5.63. The lowest BCUT2D eigenvalue weighted by Crippen LogP contribution is -2.34. The molecule has 2 rings (SSSR count). The van der Waals surface area contributed by atoms with Crippen LogP contribution in [0.5, 0.6) is 0 Å². The number of hydrogen-bond donors (Lipinski definition) is 1. The number of nitrogens with zero attached hydrogens (tertiary/aromatic N) is 3. The Morgan fingerprint density at radius 3 is 2.89 bits per heavy atom. The van der Waals surface area contributed by atoms with Crippen molar-refractivity contribution in [2.24, 2.45) is 5.92 Å². The lowest BCUT2D eigenvalue weighted by molar-refractivity contribution is -0.0291. The van der Waals surface area contributed by atoms with Crippen LogP contribution in [0.1, 0.15) is 51.3 Å². The van der Waals surface area contributed by atoms with Gasteiger partial charge in [-0.15, -0.1) is 5.10 Å². The largest absolute Gasteiger partial charge is 0.378 e. The van der Waals surface area contributed by atoms with Crippen molar-refractivity contribution in [3.8, 4) is 0 Å². The van der Waals surface area contributed by atoms with E-state index in [4.69, 9.17) is 4.74 Å². The van der Waals surface area contributed by atoms with Crippen LogP contribution in [0.3, 0.4) is 0 Å². The summed E-state index contributed by atoms with van der Waals surface area (Å²) in [6.45, 7) is 6.01. The van der Waals surface area contributed by atoms with Crippen molar-refractivity contribution in [1.29, 1.82) is 0 Å². The van der Waals surface area contributed by atoms with Gasteiger partial charge in [0.05, 0.1) is 24.0 Å². The van der Waals surface area contributed by atoms with E-state index in [1.165, 1.54) is 18.5 Å². The maximum atomic E-state index is 5.63. The molecule has 1 aromatic rings. The molecule has 0 aliphatic heterocycles. The molecule has 0 bridgehead atoms. The number of aryl methyl sites for hydroxylation is 1. The number of nitrogens with one attached hydrogen (secondary N) is 1.